The van der Waals surface area contributed by atoms with Gasteiger partial charge in [-0.25, -0.2) is 0 Å². The highest BCUT2D eigenvalue weighted by Gasteiger charge is 2.37. The number of hydrogen-bond acceptors (Lipinski definition) is 8. The summed E-state index contributed by atoms with van der Waals surface area (Å²) in [4.78, 5) is 4.60. The summed E-state index contributed by atoms with van der Waals surface area (Å²) in [6.45, 7) is 6.34. The molecule has 0 bridgehead atoms. The maximum absolute atomic E-state index is 9.80. The Morgan fingerprint density at radius 2 is 1.59 bits per heavy atom. The quantitative estimate of drug-likeness (QED) is 0.171. The minimum atomic E-state index is -0.0977. The Balaban J connectivity index is 1.24. The summed E-state index contributed by atoms with van der Waals surface area (Å²) in [5, 5.41) is 9.80. The third-order valence-electron chi connectivity index (χ3n) is 9.64. The number of rotatable bonds is 7. The summed E-state index contributed by atoms with van der Waals surface area (Å²) < 4.78 is 31.0. The summed E-state index contributed by atoms with van der Waals surface area (Å²) in [5.74, 6) is 5.45. The molecule has 8 heteroatoms. The van der Waals surface area contributed by atoms with Crippen molar-refractivity contribution in [2.45, 2.75) is 45.2 Å². The average molecular weight is 618 g/mol. The van der Waals surface area contributed by atoms with Gasteiger partial charge in [-0.3, -0.25) is 9.80 Å². The molecule has 3 heterocycles. The first-order valence-electron chi connectivity index (χ1n) is 15.9. The van der Waals surface area contributed by atoms with Gasteiger partial charge in [0.25, 0.3) is 0 Å². The molecular weight excluding hydrogens is 578 g/mol. The van der Waals surface area contributed by atoms with E-state index in [9.17, 15) is 5.26 Å². The van der Waals surface area contributed by atoms with Gasteiger partial charge in [0, 0.05) is 30.7 Å². The number of nitrogens with zero attached hydrogens (tertiary/aromatic N) is 3. The van der Waals surface area contributed by atoms with E-state index in [1.54, 1.807) is 14.2 Å². The fourth-order valence-electron chi connectivity index (χ4n) is 6.96. The molecule has 0 fully saturated rings. The van der Waals surface area contributed by atoms with Crippen LogP contribution >= 0.6 is 0 Å². The number of methoxy groups -OCH3 is 2. The van der Waals surface area contributed by atoms with Gasteiger partial charge in [0.2, 0.25) is 5.75 Å². The van der Waals surface area contributed by atoms with Crippen molar-refractivity contribution in [2.24, 2.45) is 0 Å². The highest BCUT2D eigenvalue weighted by molar-refractivity contribution is 5.67. The van der Waals surface area contributed by atoms with Crippen molar-refractivity contribution in [3.63, 3.8) is 0 Å². The molecule has 4 aromatic carbocycles. The molecule has 0 aromatic heterocycles. The van der Waals surface area contributed by atoms with Gasteiger partial charge in [-0.05, 0) is 110 Å². The standard InChI is InChI=1S/C38H39N3O5/c1-23-6-11-31(42-4)32(18-23)44-28-9-7-25(8-10-28)19-30-36-27(13-16-41(30)17-14-39)21-35(43-5)37-38(36)46-34-22-29-24(2)40(3)15-12-26(29)20-33(34)45-37/h6-11,18,20-22,24,30H,12-13,15-17,19H2,1-5H3/t24-,30-/m0/s1. The van der Waals surface area contributed by atoms with Crippen molar-refractivity contribution in [3.05, 3.63) is 94.0 Å². The van der Waals surface area contributed by atoms with Crippen molar-refractivity contribution in [1.82, 2.24) is 9.80 Å². The minimum absolute atomic E-state index is 0.0977. The van der Waals surface area contributed by atoms with Gasteiger partial charge in [0.15, 0.2) is 34.5 Å². The number of nitriles is 1. The number of likely N-dealkylation sites (N-methyl/N-ethyl adjacent to an activating group) is 1. The highest BCUT2D eigenvalue weighted by Crippen LogP contribution is 2.56. The summed E-state index contributed by atoms with van der Waals surface area (Å²) in [5.41, 5.74) is 6.98. The lowest BCUT2D eigenvalue weighted by Crippen LogP contribution is -2.37. The number of fused-ring (bicyclic) bond motifs is 5. The SMILES string of the molecule is COc1ccc(C)cc1Oc1ccc(C[C@H]2c3c(cc(OC)c4c3Oc3cc5c(cc3O4)CCN(C)[C@H]5C)CCN2CC#N)cc1. The van der Waals surface area contributed by atoms with E-state index in [4.69, 9.17) is 23.7 Å². The van der Waals surface area contributed by atoms with Crippen molar-refractivity contribution in [1.29, 1.82) is 5.26 Å². The summed E-state index contributed by atoms with van der Waals surface area (Å²) >= 11 is 0. The maximum atomic E-state index is 9.80. The number of hydrogen-bond donors (Lipinski definition) is 0. The van der Waals surface area contributed by atoms with Crippen LogP contribution in [-0.4, -0.2) is 50.7 Å². The second-order valence-corrected chi connectivity index (χ2v) is 12.4. The van der Waals surface area contributed by atoms with Gasteiger partial charge < -0.3 is 23.7 Å². The Morgan fingerprint density at radius 1 is 0.848 bits per heavy atom. The summed E-state index contributed by atoms with van der Waals surface area (Å²) in [7, 11) is 5.47. The van der Waals surface area contributed by atoms with Crippen LogP contribution in [0, 0.1) is 18.3 Å². The fraction of sp³-hybridized carbons (Fsp3) is 0.342. The first-order valence-corrected chi connectivity index (χ1v) is 15.9. The Labute approximate surface area is 270 Å². The van der Waals surface area contributed by atoms with E-state index in [-0.39, 0.29) is 12.1 Å². The molecular formula is C38H39N3O5. The van der Waals surface area contributed by atoms with Crippen molar-refractivity contribution >= 4 is 0 Å². The Hall–Kier alpha value is -4.71. The molecule has 7 rings (SSSR count). The lowest BCUT2D eigenvalue weighted by Gasteiger charge is -2.39. The Bertz CT molecular complexity index is 1830. The highest BCUT2D eigenvalue weighted by atomic mass is 16.6. The second kappa shape index (κ2) is 12.2. The molecule has 236 valence electrons. The van der Waals surface area contributed by atoms with E-state index >= 15 is 0 Å². The van der Waals surface area contributed by atoms with E-state index in [0.29, 0.717) is 53.2 Å². The van der Waals surface area contributed by atoms with Crippen LogP contribution in [0.5, 0.6) is 46.0 Å². The largest absolute Gasteiger partial charge is 0.493 e. The zero-order valence-corrected chi connectivity index (χ0v) is 27.1. The van der Waals surface area contributed by atoms with Crippen molar-refractivity contribution < 1.29 is 23.7 Å². The predicted octanol–water partition coefficient (Wildman–Crippen LogP) is 7.92. The zero-order chi connectivity index (χ0) is 31.9. The van der Waals surface area contributed by atoms with E-state index < -0.39 is 0 Å². The Kier molecular flexibility index (Phi) is 7.97. The number of aryl methyl sites for hydroxylation is 1. The van der Waals surface area contributed by atoms with Crippen LogP contribution < -0.4 is 23.7 Å². The molecule has 3 aliphatic rings. The van der Waals surface area contributed by atoms with Crippen LogP contribution in [0.15, 0.2) is 60.7 Å². The molecule has 0 spiro atoms. The van der Waals surface area contributed by atoms with Gasteiger partial charge in [0.1, 0.15) is 5.75 Å². The zero-order valence-electron chi connectivity index (χ0n) is 27.1. The molecule has 4 aromatic rings. The topological polar surface area (TPSA) is 76.4 Å². The van der Waals surface area contributed by atoms with Crippen LogP contribution in [0.2, 0.25) is 0 Å². The van der Waals surface area contributed by atoms with E-state index in [1.165, 1.54) is 11.1 Å². The summed E-state index contributed by atoms with van der Waals surface area (Å²) in [6, 6.07) is 23.0. The molecule has 2 atom stereocenters. The lowest BCUT2D eigenvalue weighted by atomic mass is 9.87. The average Bonchev–Trinajstić information content (AvgIpc) is 3.06. The number of ether oxygens (including phenoxy) is 5. The molecule has 3 aliphatic heterocycles. The van der Waals surface area contributed by atoms with Gasteiger partial charge in [-0.15, -0.1) is 0 Å². The fourth-order valence-corrected chi connectivity index (χ4v) is 6.96. The van der Waals surface area contributed by atoms with Crippen molar-refractivity contribution in [2.75, 3.05) is 40.9 Å². The Morgan fingerprint density at radius 3 is 2.35 bits per heavy atom. The van der Waals surface area contributed by atoms with Gasteiger partial charge in [0.05, 0.1) is 26.8 Å². The smallest absolute Gasteiger partial charge is 0.212 e. The molecule has 0 radical (unpaired) electrons. The van der Waals surface area contributed by atoms with Gasteiger partial charge in [-0.1, -0.05) is 18.2 Å². The molecule has 0 N–H and O–H groups in total. The molecule has 0 saturated carbocycles. The molecule has 0 aliphatic carbocycles. The first kappa shape index (κ1) is 30.0. The normalized spacial score (nSPS) is 18.5. The third-order valence-corrected chi connectivity index (χ3v) is 9.64. The van der Waals surface area contributed by atoms with E-state index in [0.717, 1.165) is 53.9 Å². The minimum Gasteiger partial charge on any atom is -0.493 e. The maximum Gasteiger partial charge on any atom is 0.212 e. The molecule has 0 amide bonds. The van der Waals surface area contributed by atoms with Crippen LogP contribution in [0.3, 0.4) is 0 Å². The monoisotopic (exact) mass is 617 g/mol. The van der Waals surface area contributed by atoms with Crippen molar-refractivity contribution in [3.8, 4) is 52.1 Å². The third kappa shape index (κ3) is 5.40. The predicted molar refractivity (Wildman–Crippen MR) is 176 cm³/mol. The van der Waals surface area contributed by atoms with Gasteiger partial charge >= 0.3 is 0 Å². The van der Waals surface area contributed by atoms with E-state index in [1.807, 2.05) is 37.3 Å². The van der Waals surface area contributed by atoms with Gasteiger partial charge in [-0.2, -0.15) is 5.26 Å². The first-order chi connectivity index (χ1) is 22.4. The van der Waals surface area contributed by atoms with Crippen LogP contribution in [0.25, 0.3) is 0 Å². The second-order valence-electron chi connectivity index (χ2n) is 12.4. The molecule has 0 saturated heterocycles. The van der Waals surface area contributed by atoms with Crippen LogP contribution in [-0.2, 0) is 19.3 Å². The molecule has 0 unspecified atom stereocenters. The molecule has 46 heavy (non-hydrogen) atoms. The summed E-state index contributed by atoms with van der Waals surface area (Å²) in [6.07, 6.45) is 2.43. The van der Waals surface area contributed by atoms with E-state index in [2.05, 4.69) is 60.2 Å². The number of benzene rings is 4. The van der Waals surface area contributed by atoms with Crippen LogP contribution in [0.4, 0.5) is 0 Å². The lowest BCUT2D eigenvalue weighted by molar-refractivity contribution is 0.199. The van der Waals surface area contributed by atoms with Crippen LogP contribution in [0.1, 0.15) is 52.4 Å². The molecule has 8 nitrogen and oxygen atoms in total.